The number of phenols is 1. The lowest BCUT2D eigenvalue weighted by Crippen LogP contribution is -1.97. The smallest absolute Gasteiger partial charge is 0.216 e. The van der Waals surface area contributed by atoms with Crippen molar-refractivity contribution >= 4 is 18.4 Å². The minimum atomic E-state index is 0.0270. The molecular weight excluding hydrogens is 352 g/mol. The number of nitrogens with zero attached hydrogens (tertiary/aromatic N) is 3. The van der Waals surface area contributed by atoms with E-state index in [0.29, 0.717) is 28.5 Å². The Bertz CT molecular complexity index is 977. The van der Waals surface area contributed by atoms with Gasteiger partial charge in [-0.2, -0.15) is 14.9 Å². The van der Waals surface area contributed by atoms with E-state index in [2.05, 4.69) is 15.3 Å². The van der Waals surface area contributed by atoms with Crippen LogP contribution in [0.15, 0.2) is 47.6 Å². The van der Waals surface area contributed by atoms with Crippen molar-refractivity contribution in [1.29, 1.82) is 0 Å². The molecule has 2 aromatic carbocycles. The van der Waals surface area contributed by atoms with E-state index in [0.717, 1.165) is 11.3 Å². The minimum absolute atomic E-state index is 0.0270. The van der Waals surface area contributed by atoms with Gasteiger partial charge in [0.25, 0.3) is 0 Å². The monoisotopic (exact) mass is 370 g/mol. The van der Waals surface area contributed by atoms with Crippen molar-refractivity contribution in [2.75, 3.05) is 13.7 Å². The van der Waals surface area contributed by atoms with Crippen LogP contribution in [0.1, 0.15) is 12.5 Å². The number of nitrogens with one attached hydrogen (secondary N) is 1. The van der Waals surface area contributed by atoms with Crippen molar-refractivity contribution in [1.82, 2.24) is 14.9 Å². The van der Waals surface area contributed by atoms with Gasteiger partial charge in [-0.25, -0.2) is 5.10 Å². The van der Waals surface area contributed by atoms with Crippen LogP contribution in [0, 0.1) is 4.77 Å². The van der Waals surface area contributed by atoms with Crippen LogP contribution in [0.25, 0.3) is 11.4 Å². The highest BCUT2D eigenvalue weighted by Gasteiger charge is 2.10. The van der Waals surface area contributed by atoms with Crippen LogP contribution in [0.4, 0.5) is 0 Å². The van der Waals surface area contributed by atoms with Gasteiger partial charge in [-0.3, -0.25) is 0 Å². The van der Waals surface area contributed by atoms with E-state index in [-0.39, 0.29) is 5.75 Å². The van der Waals surface area contributed by atoms with Crippen LogP contribution in [0.3, 0.4) is 0 Å². The molecule has 0 radical (unpaired) electrons. The van der Waals surface area contributed by atoms with Gasteiger partial charge in [0.1, 0.15) is 5.75 Å². The predicted molar refractivity (Wildman–Crippen MR) is 102 cm³/mol. The van der Waals surface area contributed by atoms with Crippen molar-refractivity contribution in [2.24, 2.45) is 5.10 Å². The zero-order valence-electron chi connectivity index (χ0n) is 14.3. The van der Waals surface area contributed by atoms with Crippen molar-refractivity contribution in [3.63, 3.8) is 0 Å². The number of rotatable bonds is 6. The lowest BCUT2D eigenvalue weighted by molar-refractivity contribution is 0.318. The lowest BCUT2D eigenvalue weighted by atomic mass is 10.2. The minimum Gasteiger partial charge on any atom is -0.504 e. The Morgan fingerprint density at radius 3 is 2.73 bits per heavy atom. The molecule has 0 atom stereocenters. The number of benzene rings is 2. The SMILES string of the molecule is CCOc1cccc(/C=N\n2c(-c3ccc(OC)cc3)n[nH]c2=S)c1O. The van der Waals surface area contributed by atoms with Crippen molar-refractivity contribution < 1.29 is 14.6 Å². The molecule has 1 aromatic heterocycles. The molecule has 0 aliphatic carbocycles. The topological polar surface area (TPSA) is 84.7 Å². The third kappa shape index (κ3) is 3.60. The van der Waals surface area contributed by atoms with Crippen molar-refractivity contribution in [3.8, 4) is 28.6 Å². The van der Waals surface area contributed by atoms with Gasteiger partial charge in [0.05, 0.1) is 19.9 Å². The Morgan fingerprint density at radius 1 is 1.27 bits per heavy atom. The summed E-state index contributed by atoms with van der Waals surface area (Å²) in [6, 6.07) is 12.6. The van der Waals surface area contributed by atoms with E-state index in [1.54, 1.807) is 25.3 Å². The van der Waals surface area contributed by atoms with Gasteiger partial charge in [-0.15, -0.1) is 0 Å². The Hall–Kier alpha value is -3.13. The maximum absolute atomic E-state index is 10.3. The van der Waals surface area contributed by atoms with Crippen LogP contribution in [-0.2, 0) is 0 Å². The second kappa shape index (κ2) is 7.83. The molecule has 0 unspecified atom stereocenters. The first-order chi connectivity index (χ1) is 12.6. The van der Waals surface area contributed by atoms with Crippen LogP contribution < -0.4 is 9.47 Å². The molecule has 0 saturated heterocycles. The summed E-state index contributed by atoms with van der Waals surface area (Å²) < 4.78 is 12.4. The highest BCUT2D eigenvalue weighted by atomic mass is 32.1. The van der Waals surface area contributed by atoms with Crippen LogP contribution >= 0.6 is 12.2 Å². The van der Waals surface area contributed by atoms with Crippen LogP contribution in [0.5, 0.6) is 17.2 Å². The molecule has 0 aliphatic heterocycles. The largest absolute Gasteiger partial charge is 0.504 e. The van der Waals surface area contributed by atoms with E-state index in [9.17, 15) is 5.11 Å². The number of H-pyrrole nitrogens is 1. The molecule has 1 heterocycles. The molecule has 134 valence electrons. The summed E-state index contributed by atoms with van der Waals surface area (Å²) in [4.78, 5) is 0. The summed E-state index contributed by atoms with van der Waals surface area (Å²) in [7, 11) is 1.61. The maximum Gasteiger partial charge on any atom is 0.216 e. The fraction of sp³-hybridized carbons (Fsp3) is 0.167. The molecule has 0 bridgehead atoms. The molecular formula is C18H18N4O3S. The summed E-state index contributed by atoms with van der Waals surface area (Å²) in [5, 5.41) is 21.6. The van der Waals surface area contributed by atoms with Gasteiger partial charge in [-0.1, -0.05) is 6.07 Å². The molecule has 0 aliphatic rings. The maximum atomic E-state index is 10.3. The lowest BCUT2D eigenvalue weighted by Gasteiger charge is -2.07. The molecule has 8 heteroatoms. The number of phenolic OH excluding ortho intramolecular Hbond substituents is 1. The predicted octanol–water partition coefficient (Wildman–Crippen LogP) is 3.60. The first-order valence-corrected chi connectivity index (χ1v) is 8.35. The van der Waals surface area contributed by atoms with Crippen molar-refractivity contribution in [2.45, 2.75) is 6.92 Å². The Morgan fingerprint density at radius 2 is 2.04 bits per heavy atom. The first-order valence-electron chi connectivity index (χ1n) is 7.95. The molecule has 0 fully saturated rings. The Balaban J connectivity index is 1.96. The molecule has 0 spiro atoms. The number of para-hydroxylation sites is 1. The first kappa shape index (κ1) is 17.7. The second-order valence-electron chi connectivity index (χ2n) is 5.26. The average Bonchev–Trinajstić information content (AvgIpc) is 3.03. The Labute approximate surface area is 155 Å². The number of aromatic nitrogens is 3. The van der Waals surface area contributed by atoms with Crippen LogP contribution in [-0.4, -0.2) is 39.9 Å². The van der Waals surface area contributed by atoms with Gasteiger partial charge in [0.15, 0.2) is 17.3 Å². The number of aromatic hydroxyl groups is 1. The summed E-state index contributed by atoms with van der Waals surface area (Å²) in [5.74, 6) is 1.73. The van der Waals surface area contributed by atoms with Gasteiger partial charge in [-0.05, 0) is 55.5 Å². The second-order valence-corrected chi connectivity index (χ2v) is 5.65. The van der Waals surface area contributed by atoms with E-state index in [1.807, 2.05) is 31.2 Å². The molecule has 26 heavy (non-hydrogen) atoms. The Kier molecular flexibility index (Phi) is 5.33. The third-order valence-corrected chi connectivity index (χ3v) is 3.91. The molecule has 3 rings (SSSR count). The van der Waals surface area contributed by atoms with E-state index < -0.39 is 0 Å². The average molecular weight is 370 g/mol. The van der Waals surface area contributed by atoms with Gasteiger partial charge in [0, 0.05) is 11.1 Å². The standard InChI is InChI=1S/C18H18N4O3S/c1-3-25-15-6-4-5-13(16(15)23)11-19-22-17(20-21-18(22)26)12-7-9-14(24-2)10-8-12/h4-11,23H,3H2,1-2H3,(H,21,26)/b19-11-. The zero-order chi connectivity index (χ0) is 18.5. The number of hydrogen-bond acceptors (Lipinski definition) is 6. The molecule has 7 nitrogen and oxygen atoms in total. The zero-order valence-corrected chi connectivity index (χ0v) is 15.2. The van der Waals surface area contributed by atoms with Gasteiger partial charge >= 0.3 is 0 Å². The summed E-state index contributed by atoms with van der Waals surface area (Å²) >= 11 is 5.26. The van der Waals surface area contributed by atoms with E-state index in [1.165, 1.54) is 10.9 Å². The third-order valence-electron chi connectivity index (χ3n) is 3.64. The summed E-state index contributed by atoms with van der Waals surface area (Å²) in [6.45, 7) is 2.31. The van der Waals surface area contributed by atoms with Gasteiger partial charge in [0.2, 0.25) is 4.77 Å². The highest BCUT2D eigenvalue weighted by molar-refractivity contribution is 7.71. The number of hydrogen-bond donors (Lipinski definition) is 2. The molecule has 0 saturated carbocycles. The molecule has 3 aromatic rings. The summed E-state index contributed by atoms with van der Waals surface area (Å²) in [5.41, 5.74) is 1.34. The summed E-state index contributed by atoms with van der Waals surface area (Å²) in [6.07, 6.45) is 1.51. The van der Waals surface area contributed by atoms with Gasteiger partial charge < -0.3 is 14.6 Å². The van der Waals surface area contributed by atoms with E-state index >= 15 is 0 Å². The fourth-order valence-corrected chi connectivity index (χ4v) is 2.54. The number of methoxy groups -OCH3 is 1. The number of ether oxygens (including phenoxy) is 2. The fourth-order valence-electron chi connectivity index (χ4n) is 2.36. The van der Waals surface area contributed by atoms with E-state index in [4.69, 9.17) is 21.7 Å². The van der Waals surface area contributed by atoms with Crippen LogP contribution in [0.2, 0.25) is 0 Å². The quantitative estimate of drug-likeness (QED) is 0.511. The normalized spacial score (nSPS) is 11.0. The highest BCUT2D eigenvalue weighted by Crippen LogP contribution is 2.28. The molecule has 0 amide bonds. The van der Waals surface area contributed by atoms with Crippen molar-refractivity contribution in [3.05, 3.63) is 52.8 Å². The molecule has 2 N–H and O–H groups in total. The number of aromatic amines is 1.